The minimum absolute atomic E-state index is 0.584. The number of amides is 1. The molecule has 0 aliphatic carbocycles. The third kappa shape index (κ3) is 2.80. The number of alkyl halides is 3. The van der Waals surface area contributed by atoms with E-state index in [-0.39, 0.29) is 0 Å². The van der Waals surface area contributed by atoms with E-state index in [1.165, 1.54) is 0 Å². The zero-order valence-electron chi connectivity index (χ0n) is 8.45. The SMILES string of the molecule is O=C(Nc1cccc2cnccc12)C(Cl)(Cl)Cl. The monoisotopic (exact) mass is 288 g/mol. The molecule has 0 aliphatic rings. The number of rotatable bonds is 1. The van der Waals surface area contributed by atoms with Gasteiger partial charge in [-0.3, -0.25) is 9.78 Å². The van der Waals surface area contributed by atoms with Gasteiger partial charge in [0.2, 0.25) is 0 Å². The van der Waals surface area contributed by atoms with Crippen molar-refractivity contribution in [2.24, 2.45) is 0 Å². The van der Waals surface area contributed by atoms with Gasteiger partial charge >= 0.3 is 0 Å². The van der Waals surface area contributed by atoms with E-state index < -0.39 is 9.70 Å². The molecule has 17 heavy (non-hydrogen) atoms. The lowest BCUT2D eigenvalue weighted by Gasteiger charge is -2.12. The lowest BCUT2D eigenvalue weighted by Crippen LogP contribution is -2.26. The topological polar surface area (TPSA) is 42.0 Å². The molecule has 0 bridgehead atoms. The van der Waals surface area contributed by atoms with Gasteiger partial charge < -0.3 is 5.32 Å². The van der Waals surface area contributed by atoms with Crippen molar-refractivity contribution >= 4 is 57.2 Å². The van der Waals surface area contributed by atoms with Crippen molar-refractivity contribution in [2.75, 3.05) is 5.32 Å². The van der Waals surface area contributed by atoms with Gasteiger partial charge in [-0.05, 0) is 12.1 Å². The smallest absolute Gasteiger partial charge is 0.276 e. The highest BCUT2D eigenvalue weighted by Crippen LogP contribution is 2.29. The Bertz CT molecular complexity index is 561. The number of carbonyl (C=O) groups excluding carboxylic acids is 1. The summed E-state index contributed by atoms with van der Waals surface area (Å²) in [7, 11) is 0. The van der Waals surface area contributed by atoms with Crippen molar-refractivity contribution in [2.45, 2.75) is 3.79 Å². The van der Waals surface area contributed by atoms with Crippen molar-refractivity contribution in [1.29, 1.82) is 0 Å². The summed E-state index contributed by atoms with van der Waals surface area (Å²) in [4.78, 5) is 15.5. The molecule has 0 aliphatic heterocycles. The number of nitrogens with one attached hydrogen (secondary N) is 1. The molecule has 2 aromatic rings. The number of aromatic nitrogens is 1. The van der Waals surface area contributed by atoms with E-state index in [1.54, 1.807) is 30.6 Å². The summed E-state index contributed by atoms with van der Waals surface area (Å²) in [6.45, 7) is 0. The summed E-state index contributed by atoms with van der Waals surface area (Å²) in [5.74, 6) is -0.688. The first kappa shape index (κ1) is 12.4. The highest BCUT2D eigenvalue weighted by molar-refractivity contribution is 6.76. The van der Waals surface area contributed by atoms with Gasteiger partial charge in [0.05, 0.1) is 0 Å². The summed E-state index contributed by atoms with van der Waals surface area (Å²) in [6, 6.07) is 7.19. The Kier molecular flexibility index (Phi) is 3.43. The predicted octanol–water partition coefficient (Wildman–Crippen LogP) is 3.54. The third-order valence-corrected chi connectivity index (χ3v) is 2.70. The van der Waals surface area contributed by atoms with Crippen LogP contribution >= 0.6 is 34.8 Å². The molecule has 1 N–H and O–H groups in total. The minimum atomic E-state index is -1.98. The Balaban J connectivity index is 2.40. The molecular formula is C11H7Cl3N2O. The summed E-state index contributed by atoms with van der Waals surface area (Å²) >= 11 is 16.5. The van der Waals surface area contributed by atoms with E-state index in [0.29, 0.717) is 5.69 Å². The fourth-order valence-corrected chi connectivity index (χ4v) is 1.57. The Labute approximate surface area is 113 Å². The molecule has 2 rings (SSSR count). The van der Waals surface area contributed by atoms with Gasteiger partial charge in [0, 0.05) is 28.9 Å². The van der Waals surface area contributed by atoms with Crippen LogP contribution in [-0.4, -0.2) is 14.7 Å². The molecule has 0 fully saturated rings. The van der Waals surface area contributed by atoms with Crippen molar-refractivity contribution < 1.29 is 4.79 Å². The average molecular weight is 290 g/mol. The van der Waals surface area contributed by atoms with E-state index in [1.807, 2.05) is 6.07 Å². The van der Waals surface area contributed by atoms with E-state index in [2.05, 4.69) is 10.3 Å². The van der Waals surface area contributed by atoms with E-state index in [4.69, 9.17) is 34.8 Å². The maximum atomic E-state index is 11.6. The van der Waals surface area contributed by atoms with Gasteiger partial charge in [0.15, 0.2) is 0 Å². The number of benzene rings is 1. The van der Waals surface area contributed by atoms with Gasteiger partial charge in [-0.1, -0.05) is 46.9 Å². The number of fused-ring (bicyclic) bond motifs is 1. The molecule has 0 saturated carbocycles. The summed E-state index contributed by atoms with van der Waals surface area (Å²) in [5.41, 5.74) is 0.584. The molecule has 1 heterocycles. The first-order chi connectivity index (χ1) is 7.98. The first-order valence-corrected chi connectivity index (χ1v) is 5.83. The van der Waals surface area contributed by atoms with Gasteiger partial charge in [0.25, 0.3) is 9.70 Å². The van der Waals surface area contributed by atoms with E-state index in [9.17, 15) is 4.79 Å². The second-order valence-corrected chi connectivity index (χ2v) is 5.64. The van der Waals surface area contributed by atoms with Crippen LogP contribution in [0.1, 0.15) is 0 Å². The van der Waals surface area contributed by atoms with Crippen LogP contribution in [0.2, 0.25) is 0 Å². The van der Waals surface area contributed by atoms with Crippen molar-refractivity contribution in [3.8, 4) is 0 Å². The van der Waals surface area contributed by atoms with Crippen LogP contribution < -0.4 is 5.32 Å². The van der Waals surface area contributed by atoms with E-state index in [0.717, 1.165) is 10.8 Å². The number of anilines is 1. The standard InChI is InChI=1S/C11H7Cl3N2O/c12-11(13,14)10(17)16-9-3-1-2-7-6-15-5-4-8(7)9/h1-6H,(H,16,17). The van der Waals surface area contributed by atoms with Crippen molar-refractivity contribution in [1.82, 2.24) is 4.98 Å². The van der Waals surface area contributed by atoms with Crippen LogP contribution in [0.4, 0.5) is 5.69 Å². The maximum absolute atomic E-state index is 11.6. The molecular weight excluding hydrogens is 282 g/mol. The van der Waals surface area contributed by atoms with Crippen LogP contribution in [0.5, 0.6) is 0 Å². The number of hydrogen-bond acceptors (Lipinski definition) is 2. The molecule has 6 heteroatoms. The zero-order valence-corrected chi connectivity index (χ0v) is 10.7. The fraction of sp³-hybridized carbons (Fsp3) is 0.0909. The molecule has 88 valence electrons. The zero-order chi connectivity index (χ0) is 12.5. The summed E-state index contributed by atoms with van der Waals surface area (Å²) in [6.07, 6.45) is 3.33. The Morgan fingerprint density at radius 3 is 2.71 bits per heavy atom. The second-order valence-electron chi connectivity index (χ2n) is 3.35. The largest absolute Gasteiger partial charge is 0.322 e. The molecule has 1 aromatic carbocycles. The normalized spacial score (nSPS) is 11.5. The number of carbonyl (C=O) groups is 1. The van der Waals surface area contributed by atoms with E-state index >= 15 is 0 Å². The molecule has 0 atom stereocenters. The quantitative estimate of drug-likeness (QED) is 0.816. The highest BCUT2D eigenvalue weighted by Gasteiger charge is 2.30. The molecule has 0 spiro atoms. The fourth-order valence-electron chi connectivity index (χ4n) is 1.42. The number of hydrogen-bond donors (Lipinski definition) is 1. The summed E-state index contributed by atoms with van der Waals surface area (Å²) < 4.78 is -1.98. The summed E-state index contributed by atoms with van der Waals surface area (Å²) in [5, 5.41) is 4.30. The number of nitrogens with zero attached hydrogens (tertiary/aromatic N) is 1. The molecule has 0 radical (unpaired) electrons. The van der Waals surface area contributed by atoms with Gasteiger partial charge in [0.1, 0.15) is 0 Å². The molecule has 1 aromatic heterocycles. The lowest BCUT2D eigenvalue weighted by atomic mass is 10.1. The number of pyridine rings is 1. The lowest BCUT2D eigenvalue weighted by molar-refractivity contribution is -0.115. The highest BCUT2D eigenvalue weighted by atomic mass is 35.6. The minimum Gasteiger partial charge on any atom is -0.322 e. The van der Waals surface area contributed by atoms with Crippen LogP contribution in [0.3, 0.4) is 0 Å². The second kappa shape index (κ2) is 4.69. The predicted molar refractivity (Wildman–Crippen MR) is 70.7 cm³/mol. The van der Waals surface area contributed by atoms with Gasteiger partial charge in [-0.25, -0.2) is 0 Å². The maximum Gasteiger partial charge on any atom is 0.276 e. The molecule has 0 saturated heterocycles. The Morgan fingerprint density at radius 1 is 1.24 bits per heavy atom. The van der Waals surface area contributed by atoms with Gasteiger partial charge in [-0.15, -0.1) is 0 Å². The molecule has 3 nitrogen and oxygen atoms in total. The molecule has 0 unspecified atom stereocenters. The van der Waals surface area contributed by atoms with Crippen LogP contribution in [-0.2, 0) is 4.79 Å². The average Bonchev–Trinajstić information content (AvgIpc) is 2.28. The van der Waals surface area contributed by atoms with Crippen molar-refractivity contribution in [3.63, 3.8) is 0 Å². The first-order valence-electron chi connectivity index (χ1n) is 4.69. The van der Waals surface area contributed by atoms with Gasteiger partial charge in [-0.2, -0.15) is 0 Å². The molecule has 1 amide bonds. The number of halogens is 3. The third-order valence-electron chi connectivity index (χ3n) is 2.19. The van der Waals surface area contributed by atoms with Crippen LogP contribution in [0.15, 0.2) is 36.7 Å². The Hall–Kier alpha value is -1.03. The Morgan fingerprint density at radius 2 is 2.00 bits per heavy atom. The van der Waals surface area contributed by atoms with Crippen LogP contribution in [0, 0.1) is 0 Å². The van der Waals surface area contributed by atoms with Crippen molar-refractivity contribution in [3.05, 3.63) is 36.7 Å². The van der Waals surface area contributed by atoms with Crippen LogP contribution in [0.25, 0.3) is 10.8 Å².